The van der Waals surface area contributed by atoms with Crippen molar-refractivity contribution in [2.24, 2.45) is 5.92 Å². The van der Waals surface area contributed by atoms with Crippen molar-refractivity contribution in [1.82, 2.24) is 20.0 Å². The molecule has 0 aromatic carbocycles. The molecule has 0 saturated carbocycles. The summed E-state index contributed by atoms with van der Waals surface area (Å²) in [6.07, 6.45) is 3.61. The van der Waals surface area contributed by atoms with Crippen LogP contribution < -0.4 is 5.32 Å². The zero-order valence-corrected chi connectivity index (χ0v) is 14.7. The lowest BCUT2D eigenvalue weighted by Crippen LogP contribution is -2.29. The third kappa shape index (κ3) is 5.32. The Labute approximate surface area is 139 Å². The number of fused-ring (bicyclic) bond motifs is 1. The summed E-state index contributed by atoms with van der Waals surface area (Å²) in [6.45, 7) is 9.33. The highest BCUT2D eigenvalue weighted by Crippen LogP contribution is 2.17. The van der Waals surface area contributed by atoms with Gasteiger partial charge in [-0.1, -0.05) is 26.7 Å². The highest BCUT2D eigenvalue weighted by atomic mass is 16.5. The quantitative estimate of drug-likeness (QED) is 0.793. The van der Waals surface area contributed by atoms with Gasteiger partial charge in [-0.2, -0.15) is 5.10 Å². The van der Waals surface area contributed by atoms with Gasteiger partial charge >= 0.3 is 0 Å². The molecule has 1 aromatic heterocycles. The maximum atomic E-state index is 11.5. The number of carbonyl (C=O) groups excluding carboxylic acids is 1. The molecule has 23 heavy (non-hydrogen) atoms. The normalized spacial score (nSPS) is 15.5. The Morgan fingerprint density at radius 3 is 2.87 bits per heavy atom. The maximum Gasteiger partial charge on any atom is 0.246 e. The number of hydrogen-bond acceptors (Lipinski definition) is 4. The van der Waals surface area contributed by atoms with E-state index in [1.54, 1.807) is 0 Å². The van der Waals surface area contributed by atoms with E-state index in [-0.39, 0.29) is 12.5 Å². The molecule has 6 heteroatoms. The molecule has 0 atom stereocenters. The van der Waals surface area contributed by atoms with Crippen molar-refractivity contribution in [2.75, 3.05) is 26.8 Å². The number of rotatable bonds is 8. The molecule has 2 heterocycles. The zero-order chi connectivity index (χ0) is 16.7. The van der Waals surface area contributed by atoms with Gasteiger partial charge in [0.2, 0.25) is 5.91 Å². The Hall–Kier alpha value is -1.40. The molecule has 6 nitrogen and oxygen atoms in total. The van der Waals surface area contributed by atoms with Gasteiger partial charge in [0.25, 0.3) is 0 Å². The highest BCUT2D eigenvalue weighted by molar-refractivity contribution is 5.77. The van der Waals surface area contributed by atoms with Crippen LogP contribution in [-0.4, -0.2) is 47.4 Å². The Bertz CT molecular complexity index is 497. The number of methoxy groups -OCH3 is 1. The van der Waals surface area contributed by atoms with Crippen LogP contribution in [0.1, 0.15) is 44.5 Å². The first-order valence-electron chi connectivity index (χ1n) is 8.69. The van der Waals surface area contributed by atoms with Crippen LogP contribution in [0.4, 0.5) is 0 Å². The van der Waals surface area contributed by atoms with E-state index in [1.807, 2.05) is 0 Å². The van der Waals surface area contributed by atoms with Gasteiger partial charge in [0.15, 0.2) is 0 Å². The van der Waals surface area contributed by atoms with E-state index in [4.69, 9.17) is 4.74 Å². The van der Waals surface area contributed by atoms with Crippen LogP contribution in [0.3, 0.4) is 0 Å². The molecular formula is C17H30N4O2. The predicted octanol–water partition coefficient (Wildman–Crippen LogP) is 1.79. The van der Waals surface area contributed by atoms with E-state index in [0.29, 0.717) is 6.54 Å². The van der Waals surface area contributed by atoms with Gasteiger partial charge in [-0.25, -0.2) is 0 Å². The summed E-state index contributed by atoms with van der Waals surface area (Å²) < 4.78 is 6.92. The third-order valence-corrected chi connectivity index (χ3v) is 4.56. The van der Waals surface area contributed by atoms with Gasteiger partial charge in [0.1, 0.15) is 6.61 Å². The van der Waals surface area contributed by atoms with Gasteiger partial charge < -0.3 is 10.1 Å². The van der Waals surface area contributed by atoms with Crippen LogP contribution in [0.25, 0.3) is 0 Å². The van der Waals surface area contributed by atoms with Crippen molar-refractivity contribution in [3.8, 4) is 0 Å². The zero-order valence-electron chi connectivity index (χ0n) is 14.7. The van der Waals surface area contributed by atoms with Crippen molar-refractivity contribution in [3.63, 3.8) is 0 Å². The number of ether oxygens (including phenoxy) is 1. The average molecular weight is 322 g/mol. The summed E-state index contributed by atoms with van der Waals surface area (Å²) >= 11 is 0. The lowest BCUT2D eigenvalue weighted by Gasteiger charge is -2.24. The standard InChI is InChI=1S/C17H30N4O2/c1-4-14(5-2)11-20-7-6-8-21-16(12-20)9-15(19-21)10-18-17(22)13-23-3/h9,14H,4-8,10-13H2,1-3H3,(H,18,22). The number of nitrogens with one attached hydrogen (secondary N) is 1. The second-order valence-corrected chi connectivity index (χ2v) is 6.33. The summed E-state index contributed by atoms with van der Waals surface area (Å²) in [7, 11) is 1.52. The summed E-state index contributed by atoms with van der Waals surface area (Å²) in [5.41, 5.74) is 2.18. The molecule has 1 amide bonds. The average Bonchev–Trinajstić information content (AvgIpc) is 2.83. The van der Waals surface area contributed by atoms with Crippen LogP contribution in [0.15, 0.2) is 6.07 Å². The van der Waals surface area contributed by atoms with Gasteiger partial charge in [-0.05, 0) is 18.4 Å². The van der Waals surface area contributed by atoms with Gasteiger partial charge in [-0.3, -0.25) is 14.4 Å². The van der Waals surface area contributed by atoms with Gasteiger partial charge in [-0.15, -0.1) is 0 Å². The lowest BCUT2D eigenvalue weighted by molar-refractivity contribution is -0.124. The lowest BCUT2D eigenvalue weighted by atomic mass is 10.0. The fourth-order valence-electron chi connectivity index (χ4n) is 3.11. The number of aryl methyl sites for hydroxylation is 1. The minimum absolute atomic E-state index is 0.0940. The first-order valence-corrected chi connectivity index (χ1v) is 8.69. The number of amides is 1. The SMILES string of the molecule is CCC(CC)CN1CCCn2nc(CNC(=O)COC)cc2C1. The Morgan fingerprint density at radius 2 is 2.17 bits per heavy atom. The largest absolute Gasteiger partial charge is 0.375 e. The fourth-order valence-corrected chi connectivity index (χ4v) is 3.11. The number of aromatic nitrogens is 2. The molecule has 0 bridgehead atoms. The first-order chi connectivity index (χ1) is 11.2. The Morgan fingerprint density at radius 1 is 1.39 bits per heavy atom. The summed E-state index contributed by atoms with van der Waals surface area (Å²) in [5, 5.41) is 7.46. The topological polar surface area (TPSA) is 59.4 Å². The molecule has 130 valence electrons. The Balaban J connectivity index is 1.94. The minimum Gasteiger partial charge on any atom is -0.375 e. The molecule has 1 aliphatic heterocycles. The van der Waals surface area contributed by atoms with Crippen LogP contribution in [0.2, 0.25) is 0 Å². The van der Waals surface area contributed by atoms with Gasteiger partial charge in [0.05, 0.1) is 17.9 Å². The highest BCUT2D eigenvalue weighted by Gasteiger charge is 2.18. The molecule has 0 saturated heterocycles. The van der Waals surface area contributed by atoms with Crippen LogP contribution in [0, 0.1) is 5.92 Å². The van der Waals surface area contributed by atoms with Crippen molar-refractivity contribution >= 4 is 5.91 Å². The van der Waals surface area contributed by atoms with Crippen LogP contribution in [0.5, 0.6) is 0 Å². The molecule has 0 unspecified atom stereocenters. The molecule has 1 aliphatic rings. The van der Waals surface area contributed by atoms with Crippen molar-refractivity contribution in [2.45, 2.75) is 52.7 Å². The van der Waals surface area contributed by atoms with Crippen molar-refractivity contribution in [3.05, 3.63) is 17.5 Å². The smallest absolute Gasteiger partial charge is 0.246 e. The molecule has 0 radical (unpaired) electrons. The monoisotopic (exact) mass is 322 g/mol. The number of hydrogen-bond donors (Lipinski definition) is 1. The first kappa shape index (κ1) is 17.9. The molecule has 0 aliphatic carbocycles. The number of carbonyl (C=O) groups is 1. The van der Waals surface area contributed by atoms with Crippen molar-refractivity contribution < 1.29 is 9.53 Å². The Kier molecular flexibility index (Phi) is 7.05. The van der Waals surface area contributed by atoms with Crippen LogP contribution >= 0.6 is 0 Å². The summed E-state index contributed by atoms with van der Waals surface area (Å²) in [5.74, 6) is 0.670. The van der Waals surface area contributed by atoms with E-state index in [2.05, 4.69) is 39.9 Å². The fraction of sp³-hybridized carbons (Fsp3) is 0.765. The molecule has 1 aromatic rings. The van der Waals surface area contributed by atoms with Crippen molar-refractivity contribution in [1.29, 1.82) is 0 Å². The molecular weight excluding hydrogens is 292 g/mol. The second kappa shape index (κ2) is 9.03. The van der Waals surface area contributed by atoms with E-state index < -0.39 is 0 Å². The predicted molar refractivity (Wildman–Crippen MR) is 89.9 cm³/mol. The maximum absolute atomic E-state index is 11.5. The molecule has 2 rings (SSSR count). The number of nitrogens with zero attached hydrogens (tertiary/aromatic N) is 3. The minimum atomic E-state index is -0.106. The molecule has 1 N–H and O–H groups in total. The molecule has 0 fully saturated rings. The van der Waals surface area contributed by atoms with E-state index in [1.165, 1.54) is 25.6 Å². The van der Waals surface area contributed by atoms with E-state index in [9.17, 15) is 4.79 Å². The summed E-state index contributed by atoms with van der Waals surface area (Å²) in [6, 6.07) is 2.12. The third-order valence-electron chi connectivity index (χ3n) is 4.56. The van der Waals surface area contributed by atoms with E-state index in [0.717, 1.165) is 44.2 Å². The second-order valence-electron chi connectivity index (χ2n) is 6.33. The van der Waals surface area contributed by atoms with E-state index >= 15 is 0 Å². The molecule has 0 spiro atoms. The summed E-state index contributed by atoms with van der Waals surface area (Å²) in [4.78, 5) is 14.0. The van der Waals surface area contributed by atoms with Gasteiger partial charge in [0, 0.05) is 33.3 Å². The van der Waals surface area contributed by atoms with Crippen LogP contribution in [-0.2, 0) is 29.2 Å².